The quantitative estimate of drug-likeness (QED) is 0.239. The molecule has 0 radical (unpaired) electrons. The molecule has 0 N–H and O–H groups in total. The summed E-state index contributed by atoms with van der Waals surface area (Å²) in [5, 5.41) is 1.13. The second kappa shape index (κ2) is 9.91. The summed E-state index contributed by atoms with van der Waals surface area (Å²) in [5.74, 6) is 0.552. The molecule has 0 amide bonds. The number of imidazole rings is 1. The molecule has 1 atom stereocenters. The fraction of sp³-hybridized carbons (Fsp3) is 0.276. The van der Waals surface area contributed by atoms with E-state index in [1.54, 1.807) is 31.4 Å². The number of aryl methyl sites for hydroxylation is 2. The topological polar surface area (TPSA) is 27.1 Å². The van der Waals surface area contributed by atoms with E-state index in [0.29, 0.717) is 16.3 Å². The van der Waals surface area contributed by atoms with Gasteiger partial charge in [-0.2, -0.15) is 0 Å². The average molecular weight is 525 g/mol. The third kappa shape index (κ3) is 4.41. The number of fused-ring (bicyclic) bond motifs is 1. The Morgan fingerprint density at radius 3 is 2.58 bits per heavy atom. The highest BCUT2D eigenvalue weighted by molar-refractivity contribution is 7.98. The van der Waals surface area contributed by atoms with Crippen LogP contribution in [0.5, 0.6) is 5.75 Å². The van der Waals surface area contributed by atoms with Gasteiger partial charge in [-0.05, 0) is 86.7 Å². The number of nitrogens with zero attached hydrogens (tertiary/aromatic N) is 2. The maximum absolute atomic E-state index is 14.5. The number of methoxy groups -OCH3 is 1. The molecule has 1 heterocycles. The molecule has 186 valence electrons. The minimum absolute atomic E-state index is 0.298. The Morgan fingerprint density at radius 1 is 1.11 bits per heavy atom. The third-order valence-electron chi connectivity index (χ3n) is 7.06. The van der Waals surface area contributed by atoms with Crippen molar-refractivity contribution < 1.29 is 13.5 Å². The number of hydrogen-bond donors (Lipinski definition) is 0. The zero-order valence-corrected chi connectivity index (χ0v) is 22.0. The first-order valence-corrected chi connectivity index (χ1v) is 13.3. The monoisotopic (exact) mass is 524 g/mol. The van der Waals surface area contributed by atoms with Crippen LogP contribution in [0.25, 0.3) is 5.69 Å². The standard InChI is InChI=1S/C29H27ClF2N2OS/c1-18-16-19(9-14-26(18)35-3)29(2)15-5-8-25-27(29)34(21-12-10-20(31)11-13-21)28(33-25)36-17-22-23(30)6-4-7-24(22)32/h4,6-7,9-14,16H,5,8,15,17H2,1-3H3/t29-/m0/s1. The van der Waals surface area contributed by atoms with Gasteiger partial charge in [0.1, 0.15) is 17.4 Å². The molecule has 0 unspecified atom stereocenters. The average Bonchev–Trinajstić information content (AvgIpc) is 3.24. The molecule has 0 spiro atoms. The largest absolute Gasteiger partial charge is 0.496 e. The van der Waals surface area contributed by atoms with Crippen LogP contribution in [0.15, 0.2) is 65.8 Å². The summed E-state index contributed by atoms with van der Waals surface area (Å²) in [6.45, 7) is 4.29. The smallest absolute Gasteiger partial charge is 0.173 e. The van der Waals surface area contributed by atoms with Crippen LogP contribution in [0.4, 0.5) is 8.78 Å². The Hall–Kier alpha value is -2.83. The van der Waals surface area contributed by atoms with Gasteiger partial charge >= 0.3 is 0 Å². The van der Waals surface area contributed by atoms with E-state index in [4.69, 9.17) is 21.3 Å². The molecule has 0 saturated heterocycles. The summed E-state index contributed by atoms with van der Waals surface area (Å²) in [4.78, 5) is 5.04. The van der Waals surface area contributed by atoms with E-state index in [2.05, 4.69) is 23.6 Å². The van der Waals surface area contributed by atoms with E-state index in [9.17, 15) is 8.78 Å². The molecule has 3 aromatic carbocycles. The number of rotatable bonds is 6. The lowest BCUT2D eigenvalue weighted by atomic mass is 9.71. The summed E-state index contributed by atoms with van der Waals surface area (Å²) >= 11 is 7.74. The minimum Gasteiger partial charge on any atom is -0.496 e. The van der Waals surface area contributed by atoms with Crippen molar-refractivity contribution in [1.82, 2.24) is 9.55 Å². The molecule has 1 aliphatic rings. The molecule has 3 nitrogen and oxygen atoms in total. The molecule has 0 aliphatic heterocycles. The van der Waals surface area contributed by atoms with Crippen LogP contribution in [0, 0.1) is 18.6 Å². The lowest BCUT2D eigenvalue weighted by Gasteiger charge is -2.36. The van der Waals surface area contributed by atoms with Crippen LogP contribution < -0.4 is 4.74 Å². The van der Waals surface area contributed by atoms with Gasteiger partial charge in [-0.15, -0.1) is 0 Å². The summed E-state index contributed by atoms with van der Waals surface area (Å²) < 4.78 is 36.0. The third-order valence-corrected chi connectivity index (χ3v) is 8.38. The molecule has 36 heavy (non-hydrogen) atoms. The van der Waals surface area contributed by atoms with Gasteiger partial charge in [0.25, 0.3) is 0 Å². The Bertz CT molecular complexity index is 1400. The van der Waals surface area contributed by atoms with Crippen molar-refractivity contribution in [2.24, 2.45) is 0 Å². The Balaban J connectivity index is 1.66. The van der Waals surface area contributed by atoms with E-state index in [-0.39, 0.29) is 17.0 Å². The van der Waals surface area contributed by atoms with Crippen molar-refractivity contribution in [3.8, 4) is 11.4 Å². The molecular weight excluding hydrogens is 498 g/mol. The predicted octanol–water partition coefficient (Wildman–Crippen LogP) is 8.06. The predicted molar refractivity (Wildman–Crippen MR) is 142 cm³/mol. The number of benzene rings is 3. The van der Waals surface area contributed by atoms with Crippen molar-refractivity contribution in [3.05, 3.63) is 105 Å². The van der Waals surface area contributed by atoms with Crippen molar-refractivity contribution in [2.45, 2.75) is 49.4 Å². The van der Waals surface area contributed by atoms with Crippen molar-refractivity contribution >= 4 is 23.4 Å². The van der Waals surface area contributed by atoms with Crippen LogP contribution in [0.3, 0.4) is 0 Å². The highest BCUT2D eigenvalue weighted by Gasteiger charge is 2.39. The SMILES string of the molecule is COc1ccc([C@]2(C)CCCc3nc(SCc4c(F)cccc4Cl)n(-c4ccc(F)cc4)c32)cc1C. The zero-order chi connectivity index (χ0) is 25.4. The number of thioether (sulfide) groups is 1. The second-order valence-corrected chi connectivity index (χ2v) is 10.7. The number of hydrogen-bond acceptors (Lipinski definition) is 3. The lowest BCUT2D eigenvalue weighted by molar-refractivity contribution is 0.409. The summed E-state index contributed by atoms with van der Waals surface area (Å²) in [5.41, 5.74) is 5.31. The Labute approximate surface area is 219 Å². The first-order chi connectivity index (χ1) is 17.3. The maximum atomic E-state index is 14.5. The fourth-order valence-corrected chi connectivity index (χ4v) is 6.52. The van der Waals surface area contributed by atoms with Crippen LogP contribution in [0.1, 0.15) is 47.8 Å². The fourth-order valence-electron chi connectivity index (χ4n) is 5.15. The van der Waals surface area contributed by atoms with Crippen LogP contribution >= 0.6 is 23.4 Å². The number of halogens is 3. The van der Waals surface area contributed by atoms with E-state index in [1.807, 2.05) is 13.0 Å². The van der Waals surface area contributed by atoms with E-state index in [0.717, 1.165) is 52.8 Å². The second-order valence-electron chi connectivity index (χ2n) is 9.36. The van der Waals surface area contributed by atoms with Gasteiger partial charge in [-0.1, -0.05) is 41.6 Å². The maximum Gasteiger partial charge on any atom is 0.173 e. The molecule has 7 heteroatoms. The first-order valence-electron chi connectivity index (χ1n) is 11.9. The minimum atomic E-state index is -0.335. The Morgan fingerprint density at radius 2 is 1.89 bits per heavy atom. The molecule has 4 aromatic rings. The number of aromatic nitrogens is 2. The molecule has 0 fully saturated rings. The zero-order valence-electron chi connectivity index (χ0n) is 20.4. The van der Waals surface area contributed by atoms with Gasteiger partial charge in [0.05, 0.1) is 18.5 Å². The highest BCUT2D eigenvalue weighted by atomic mass is 35.5. The van der Waals surface area contributed by atoms with Gasteiger partial charge in [0, 0.05) is 27.4 Å². The highest BCUT2D eigenvalue weighted by Crippen LogP contribution is 2.46. The van der Waals surface area contributed by atoms with Gasteiger partial charge in [0.15, 0.2) is 5.16 Å². The van der Waals surface area contributed by atoms with Crippen LogP contribution in [-0.4, -0.2) is 16.7 Å². The summed E-state index contributed by atoms with van der Waals surface area (Å²) in [6.07, 6.45) is 2.79. The summed E-state index contributed by atoms with van der Waals surface area (Å²) in [7, 11) is 1.68. The number of ether oxygens (including phenoxy) is 1. The van der Waals surface area contributed by atoms with Gasteiger partial charge in [-0.25, -0.2) is 13.8 Å². The molecular formula is C29H27ClF2N2OS. The van der Waals surface area contributed by atoms with Crippen LogP contribution in [-0.2, 0) is 17.6 Å². The molecule has 5 rings (SSSR count). The normalized spacial score (nSPS) is 17.2. The van der Waals surface area contributed by atoms with E-state index < -0.39 is 0 Å². The van der Waals surface area contributed by atoms with Crippen molar-refractivity contribution in [3.63, 3.8) is 0 Å². The lowest BCUT2D eigenvalue weighted by Crippen LogP contribution is -2.31. The first kappa shape index (κ1) is 24.8. The van der Waals surface area contributed by atoms with Gasteiger partial charge in [0.2, 0.25) is 0 Å². The van der Waals surface area contributed by atoms with Crippen LogP contribution in [0.2, 0.25) is 5.02 Å². The molecule has 0 bridgehead atoms. The van der Waals surface area contributed by atoms with E-state index in [1.165, 1.54) is 35.5 Å². The molecule has 0 saturated carbocycles. The van der Waals surface area contributed by atoms with Gasteiger partial charge in [-0.3, -0.25) is 4.57 Å². The van der Waals surface area contributed by atoms with Crippen molar-refractivity contribution in [1.29, 1.82) is 0 Å². The van der Waals surface area contributed by atoms with E-state index >= 15 is 0 Å². The van der Waals surface area contributed by atoms with Crippen molar-refractivity contribution in [2.75, 3.05) is 7.11 Å². The van der Waals surface area contributed by atoms with Gasteiger partial charge < -0.3 is 4.74 Å². The molecule has 1 aromatic heterocycles. The Kier molecular flexibility index (Phi) is 6.84. The summed E-state index contributed by atoms with van der Waals surface area (Å²) in [6, 6.07) is 17.5. The molecule has 1 aliphatic carbocycles.